The third-order valence-electron chi connectivity index (χ3n) is 3.03. The Morgan fingerprint density at radius 1 is 1.39 bits per heavy atom. The first-order valence-corrected chi connectivity index (χ1v) is 6.09. The fraction of sp³-hybridized carbons (Fsp3) is 0.500. The summed E-state index contributed by atoms with van der Waals surface area (Å²) in [5, 5.41) is 22.7. The second-order valence-corrected chi connectivity index (χ2v) is 4.53. The number of Topliss-reactive ketones (excluding diaryl/α,β-unsaturated/α-hetero) is 1. The Hall–Kier alpha value is -1.23. The average molecular weight is 251 g/mol. The molecule has 0 spiro atoms. The molecule has 0 aliphatic rings. The van der Waals surface area contributed by atoms with Crippen molar-refractivity contribution in [3.63, 3.8) is 0 Å². The Kier molecular flexibility index (Phi) is 5.47. The highest BCUT2D eigenvalue weighted by molar-refractivity contribution is 5.95. The van der Waals surface area contributed by atoms with Crippen molar-refractivity contribution in [2.24, 2.45) is 0 Å². The van der Waals surface area contributed by atoms with Gasteiger partial charge in [0.05, 0.1) is 6.10 Å². The number of carbonyl (C=O) groups excluding carboxylic acids is 1. The maximum atomic E-state index is 11.3. The Bertz CT molecular complexity index is 418. The van der Waals surface area contributed by atoms with Crippen LogP contribution < -0.4 is 5.32 Å². The van der Waals surface area contributed by atoms with E-state index in [0.29, 0.717) is 24.1 Å². The molecule has 0 aromatic heterocycles. The molecule has 0 heterocycles. The molecule has 4 nitrogen and oxygen atoms in total. The summed E-state index contributed by atoms with van der Waals surface area (Å²) >= 11 is 0. The van der Waals surface area contributed by atoms with Crippen LogP contribution in [0, 0.1) is 6.92 Å². The van der Waals surface area contributed by atoms with Crippen LogP contribution >= 0.6 is 0 Å². The van der Waals surface area contributed by atoms with E-state index in [1.165, 1.54) is 6.92 Å². The van der Waals surface area contributed by atoms with Crippen LogP contribution in [-0.4, -0.2) is 35.7 Å². The first-order chi connectivity index (χ1) is 8.47. The van der Waals surface area contributed by atoms with E-state index >= 15 is 0 Å². The van der Waals surface area contributed by atoms with Gasteiger partial charge in [0.1, 0.15) is 6.10 Å². The molecule has 2 unspecified atom stereocenters. The maximum absolute atomic E-state index is 11.3. The molecule has 0 saturated carbocycles. The topological polar surface area (TPSA) is 69.6 Å². The van der Waals surface area contributed by atoms with Gasteiger partial charge in [0, 0.05) is 5.56 Å². The summed E-state index contributed by atoms with van der Waals surface area (Å²) in [6.07, 6.45) is -1.25. The van der Waals surface area contributed by atoms with Crippen LogP contribution in [0.5, 0.6) is 0 Å². The standard InChI is InChI=1S/C14H21NO3/c1-9-8-11(4-5-12(9)10(2)16)14(18)13(17)6-7-15-3/h4-5,8,13-15,17-18H,6-7H2,1-3H3. The number of aryl methyl sites for hydroxylation is 1. The van der Waals surface area contributed by atoms with Gasteiger partial charge in [0.2, 0.25) is 0 Å². The van der Waals surface area contributed by atoms with Crippen molar-refractivity contribution in [2.75, 3.05) is 13.6 Å². The van der Waals surface area contributed by atoms with E-state index in [-0.39, 0.29) is 5.78 Å². The number of ketones is 1. The van der Waals surface area contributed by atoms with Crippen molar-refractivity contribution in [3.05, 3.63) is 34.9 Å². The molecule has 0 fully saturated rings. The third kappa shape index (κ3) is 3.63. The molecule has 0 bridgehead atoms. The Morgan fingerprint density at radius 3 is 2.56 bits per heavy atom. The van der Waals surface area contributed by atoms with Crippen molar-refractivity contribution in [1.82, 2.24) is 5.32 Å². The molecule has 0 radical (unpaired) electrons. The van der Waals surface area contributed by atoms with Gasteiger partial charge in [-0.25, -0.2) is 0 Å². The zero-order valence-electron chi connectivity index (χ0n) is 11.1. The largest absolute Gasteiger partial charge is 0.390 e. The van der Waals surface area contributed by atoms with E-state index in [1.807, 2.05) is 6.92 Å². The Balaban J connectivity index is 2.83. The number of carbonyl (C=O) groups is 1. The minimum atomic E-state index is -0.918. The molecular formula is C14H21NO3. The molecular weight excluding hydrogens is 230 g/mol. The van der Waals surface area contributed by atoms with Gasteiger partial charge in [-0.1, -0.05) is 18.2 Å². The summed E-state index contributed by atoms with van der Waals surface area (Å²) in [6, 6.07) is 5.14. The molecule has 18 heavy (non-hydrogen) atoms. The smallest absolute Gasteiger partial charge is 0.160 e. The van der Waals surface area contributed by atoms with Crippen LogP contribution in [0.3, 0.4) is 0 Å². The van der Waals surface area contributed by atoms with E-state index in [4.69, 9.17) is 0 Å². The minimum absolute atomic E-state index is 0.00395. The molecule has 1 rings (SSSR count). The zero-order chi connectivity index (χ0) is 13.7. The van der Waals surface area contributed by atoms with Gasteiger partial charge in [-0.3, -0.25) is 4.79 Å². The molecule has 4 heteroatoms. The highest BCUT2D eigenvalue weighted by Crippen LogP contribution is 2.21. The van der Waals surface area contributed by atoms with E-state index < -0.39 is 12.2 Å². The van der Waals surface area contributed by atoms with Crippen molar-refractivity contribution in [1.29, 1.82) is 0 Å². The van der Waals surface area contributed by atoms with Gasteiger partial charge >= 0.3 is 0 Å². The Morgan fingerprint density at radius 2 is 2.06 bits per heavy atom. The first kappa shape index (κ1) is 14.8. The molecule has 100 valence electrons. The van der Waals surface area contributed by atoms with Crippen LogP contribution in [0.25, 0.3) is 0 Å². The second-order valence-electron chi connectivity index (χ2n) is 4.53. The van der Waals surface area contributed by atoms with E-state index in [0.717, 1.165) is 5.56 Å². The lowest BCUT2D eigenvalue weighted by molar-refractivity contribution is 0.0140. The molecule has 0 aliphatic carbocycles. The van der Waals surface area contributed by atoms with Crippen molar-refractivity contribution >= 4 is 5.78 Å². The van der Waals surface area contributed by atoms with E-state index in [9.17, 15) is 15.0 Å². The Labute approximate surface area is 108 Å². The van der Waals surface area contributed by atoms with Crippen molar-refractivity contribution < 1.29 is 15.0 Å². The second kappa shape index (κ2) is 6.64. The monoisotopic (exact) mass is 251 g/mol. The molecule has 3 N–H and O–H groups in total. The number of rotatable bonds is 6. The summed E-state index contributed by atoms with van der Waals surface area (Å²) in [5.74, 6) is 0.00395. The molecule has 0 aliphatic heterocycles. The zero-order valence-corrected chi connectivity index (χ0v) is 11.1. The predicted molar refractivity (Wildman–Crippen MR) is 70.7 cm³/mol. The highest BCUT2D eigenvalue weighted by atomic mass is 16.3. The highest BCUT2D eigenvalue weighted by Gasteiger charge is 2.18. The third-order valence-corrected chi connectivity index (χ3v) is 3.03. The first-order valence-electron chi connectivity index (χ1n) is 6.09. The quantitative estimate of drug-likeness (QED) is 0.665. The summed E-state index contributed by atoms with van der Waals surface area (Å²) in [4.78, 5) is 11.3. The SMILES string of the molecule is CNCCC(O)C(O)c1ccc(C(C)=O)c(C)c1. The van der Waals surface area contributed by atoms with Gasteiger partial charge in [-0.2, -0.15) is 0 Å². The van der Waals surface area contributed by atoms with E-state index in [2.05, 4.69) is 5.32 Å². The number of hydrogen-bond donors (Lipinski definition) is 3. The van der Waals surface area contributed by atoms with Crippen LogP contribution in [-0.2, 0) is 0 Å². The predicted octanol–water partition coefficient (Wildman–Crippen LogP) is 1.20. The van der Waals surface area contributed by atoms with Gasteiger partial charge in [-0.15, -0.1) is 0 Å². The van der Waals surface area contributed by atoms with Crippen LogP contribution in [0.15, 0.2) is 18.2 Å². The van der Waals surface area contributed by atoms with E-state index in [1.54, 1.807) is 25.2 Å². The van der Waals surface area contributed by atoms with Crippen molar-refractivity contribution in [3.8, 4) is 0 Å². The number of nitrogens with one attached hydrogen (secondary N) is 1. The van der Waals surface area contributed by atoms with Crippen LogP contribution in [0.4, 0.5) is 0 Å². The van der Waals surface area contributed by atoms with Gasteiger partial charge in [-0.05, 0) is 45.0 Å². The molecule has 0 amide bonds. The number of hydrogen-bond acceptors (Lipinski definition) is 4. The molecule has 1 aromatic carbocycles. The lowest BCUT2D eigenvalue weighted by atomic mass is 9.96. The normalized spacial score (nSPS) is 14.3. The lowest BCUT2D eigenvalue weighted by Gasteiger charge is -2.19. The average Bonchev–Trinajstić information content (AvgIpc) is 2.34. The summed E-state index contributed by atoms with van der Waals surface area (Å²) in [6.45, 7) is 3.98. The molecule has 2 atom stereocenters. The van der Waals surface area contributed by atoms with Crippen molar-refractivity contribution in [2.45, 2.75) is 32.5 Å². The summed E-state index contributed by atoms with van der Waals surface area (Å²) in [7, 11) is 1.80. The van der Waals surface area contributed by atoms with Gasteiger partial charge in [0.25, 0.3) is 0 Å². The molecule has 1 aromatic rings. The lowest BCUT2D eigenvalue weighted by Crippen LogP contribution is -2.23. The number of aliphatic hydroxyl groups is 2. The summed E-state index contributed by atoms with van der Waals surface area (Å²) in [5.41, 5.74) is 2.11. The van der Waals surface area contributed by atoms with Crippen LogP contribution in [0.2, 0.25) is 0 Å². The number of aliphatic hydroxyl groups excluding tert-OH is 2. The van der Waals surface area contributed by atoms with Gasteiger partial charge < -0.3 is 15.5 Å². The minimum Gasteiger partial charge on any atom is -0.390 e. The fourth-order valence-electron chi connectivity index (χ4n) is 1.94. The number of benzene rings is 1. The summed E-state index contributed by atoms with van der Waals surface area (Å²) < 4.78 is 0. The fourth-order valence-corrected chi connectivity index (χ4v) is 1.94. The molecule has 0 saturated heterocycles. The maximum Gasteiger partial charge on any atom is 0.160 e. The van der Waals surface area contributed by atoms with Crippen LogP contribution in [0.1, 0.15) is 40.9 Å². The van der Waals surface area contributed by atoms with Gasteiger partial charge in [0.15, 0.2) is 5.78 Å².